The van der Waals surface area contributed by atoms with Gasteiger partial charge in [-0.2, -0.15) is 0 Å². The van der Waals surface area contributed by atoms with Gasteiger partial charge in [-0.05, 0) is 62.9 Å². The number of amides is 3. The zero-order valence-electron chi connectivity index (χ0n) is 22.2. The number of carbonyl (C=O) groups is 3. The van der Waals surface area contributed by atoms with Gasteiger partial charge in [0.15, 0.2) is 0 Å². The van der Waals surface area contributed by atoms with Crippen molar-refractivity contribution in [3.8, 4) is 0 Å². The lowest BCUT2D eigenvalue weighted by atomic mass is 10.0. The van der Waals surface area contributed by atoms with E-state index in [1.54, 1.807) is 32.2 Å². The number of benzene rings is 2. The highest BCUT2D eigenvalue weighted by Crippen LogP contribution is 2.12. The summed E-state index contributed by atoms with van der Waals surface area (Å²) in [6.45, 7) is 6.10. The fourth-order valence-electron chi connectivity index (χ4n) is 3.70. The Morgan fingerprint density at radius 3 is 2.30 bits per heavy atom. The summed E-state index contributed by atoms with van der Waals surface area (Å²) in [5, 5.41) is 2.92. The maximum atomic E-state index is 13.4. The number of rotatable bonds is 13. The van der Waals surface area contributed by atoms with E-state index in [0.29, 0.717) is 25.9 Å². The number of nitrogens with one attached hydrogen (secondary N) is 1. The molecule has 2 aromatic rings. The highest BCUT2D eigenvalue weighted by Gasteiger charge is 2.28. The van der Waals surface area contributed by atoms with Crippen molar-refractivity contribution in [2.45, 2.75) is 51.6 Å². The Morgan fingerprint density at radius 2 is 1.70 bits per heavy atom. The van der Waals surface area contributed by atoms with Crippen LogP contribution in [0.2, 0.25) is 0 Å². The van der Waals surface area contributed by atoms with Gasteiger partial charge in [0, 0.05) is 32.1 Å². The molecular weight excluding hydrogens is 471 g/mol. The van der Waals surface area contributed by atoms with E-state index in [-0.39, 0.29) is 36.5 Å². The summed E-state index contributed by atoms with van der Waals surface area (Å²) < 4.78 is 13.4. The van der Waals surface area contributed by atoms with E-state index in [1.807, 2.05) is 44.2 Å². The molecule has 0 bridgehead atoms. The molecule has 0 spiro atoms. The number of likely N-dealkylation sites (N-methyl/N-ethyl adjacent to an activating group) is 2. The third-order valence-electron chi connectivity index (χ3n) is 5.99. The van der Waals surface area contributed by atoms with Crippen LogP contribution in [0.15, 0.2) is 66.7 Å². The predicted molar refractivity (Wildman–Crippen MR) is 144 cm³/mol. The highest BCUT2D eigenvalue weighted by molar-refractivity contribution is 5.93. The molecular formula is C29H39FN4O3. The van der Waals surface area contributed by atoms with Gasteiger partial charge in [-0.15, -0.1) is 0 Å². The van der Waals surface area contributed by atoms with Gasteiger partial charge in [0.25, 0.3) is 0 Å². The minimum absolute atomic E-state index is 0.167. The van der Waals surface area contributed by atoms with Crippen LogP contribution in [0.3, 0.4) is 0 Å². The molecule has 3 amide bonds. The normalized spacial score (nSPS) is 12.3. The molecule has 1 unspecified atom stereocenters. The van der Waals surface area contributed by atoms with Crippen LogP contribution in [0.4, 0.5) is 4.39 Å². The van der Waals surface area contributed by atoms with E-state index < -0.39 is 11.6 Å². The van der Waals surface area contributed by atoms with Crippen molar-refractivity contribution >= 4 is 17.7 Å². The molecule has 0 aromatic heterocycles. The predicted octanol–water partition coefficient (Wildman–Crippen LogP) is 3.09. The molecule has 2 aromatic carbocycles. The van der Waals surface area contributed by atoms with Crippen molar-refractivity contribution in [3.63, 3.8) is 0 Å². The number of nitrogens with two attached hydrogens (primary N) is 1. The summed E-state index contributed by atoms with van der Waals surface area (Å²) in [4.78, 5) is 41.8. The first-order chi connectivity index (χ1) is 17.5. The smallest absolute Gasteiger partial charge is 0.246 e. The Bertz CT molecular complexity index is 1050. The standard InChI is InChI=1S/C29H39FN4O3/c1-5-34(26(35)12-9-18-29(2,3)31)21-27(36)33(4)25(20-23-13-15-24(30)16-14-23)28(37)32-19-17-22-10-7-6-8-11-22/h6-16,25H,5,17-21,31H2,1-4H3,(H,32,37)/b12-9+. The fourth-order valence-corrected chi connectivity index (χ4v) is 3.70. The van der Waals surface area contributed by atoms with Gasteiger partial charge in [0.2, 0.25) is 17.7 Å². The second-order valence-electron chi connectivity index (χ2n) is 9.83. The minimum Gasteiger partial charge on any atom is -0.354 e. The monoisotopic (exact) mass is 510 g/mol. The van der Waals surface area contributed by atoms with Crippen LogP contribution in [0, 0.1) is 5.82 Å². The molecule has 0 saturated heterocycles. The van der Waals surface area contributed by atoms with E-state index in [0.717, 1.165) is 11.1 Å². The van der Waals surface area contributed by atoms with Crippen LogP contribution in [0.25, 0.3) is 0 Å². The molecule has 2 rings (SSSR count). The van der Waals surface area contributed by atoms with E-state index in [2.05, 4.69) is 5.32 Å². The SMILES string of the molecule is CCN(CC(=O)N(C)C(Cc1ccc(F)cc1)C(=O)NCCc1ccccc1)C(=O)/C=C/CC(C)(C)N. The first-order valence-corrected chi connectivity index (χ1v) is 12.6. The van der Waals surface area contributed by atoms with Crippen LogP contribution in [0.1, 0.15) is 38.3 Å². The van der Waals surface area contributed by atoms with E-state index in [1.165, 1.54) is 28.0 Å². The molecule has 0 heterocycles. The largest absolute Gasteiger partial charge is 0.354 e. The number of carbonyl (C=O) groups excluding carboxylic acids is 3. The molecule has 0 radical (unpaired) electrons. The minimum atomic E-state index is -0.823. The van der Waals surface area contributed by atoms with Crippen molar-refractivity contribution in [1.29, 1.82) is 0 Å². The van der Waals surface area contributed by atoms with Crippen LogP contribution < -0.4 is 11.1 Å². The van der Waals surface area contributed by atoms with Gasteiger partial charge in [-0.1, -0.05) is 48.5 Å². The number of hydrogen-bond acceptors (Lipinski definition) is 4. The van der Waals surface area contributed by atoms with Gasteiger partial charge in [-0.3, -0.25) is 14.4 Å². The lowest BCUT2D eigenvalue weighted by molar-refractivity contribution is -0.142. The maximum Gasteiger partial charge on any atom is 0.246 e. The summed E-state index contributed by atoms with van der Waals surface area (Å²) in [6, 6.07) is 14.8. The van der Waals surface area contributed by atoms with Crippen molar-refractivity contribution < 1.29 is 18.8 Å². The molecule has 200 valence electrons. The Labute approximate surface area is 219 Å². The number of halogens is 1. The van der Waals surface area contributed by atoms with Crippen LogP contribution in [0.5, 0.6) is 0 Å². The van der Waals surface area contributed by atoms with Gasteiger partial charge in [-0.25, -0.2) is 4.39 Å². The first kappa shape index (κ1) is 29.7. The van der Waals surface area contributed by atoms with Crippen LogP contribution in [-0.4, -0.2) is 65.8 Å². The Balaban J connectivity index is 2.10. The van der Waals surface area contributed by atoms with E-state index >= 15 is 0 Å². The van der Waals surface area contributed by atoms with Crippen LogP contribution in [-0.2, 0) is 27.2 Å². The van der Waals surface area contributed by atoms with Gasteiger partial charge in [0.1, 0.15) is 18.4 Å². The Kier molecular flexibility index (Phi) is 11.5. The molecule has 0 aliphatic rings. The summed E-state index contributed by atoms with van der Waals surface area (Å²) in [7, 11) is 1.55. The summed E-state index contributed by atoms with van der Waals surface area (Å²) >= 11 is 0. The summed E-state index contributed by atoms with van der Waals surface area (Å²) in [5.74, 6) is -1.35. The molecule has 1 atom stereocenters. The molecule has 0 fully saturated rings. The molecule has 7 nitrogen and oxygen atoms in total. The van der Waals surface area contributed by atoms with Crippen molar-refractivity contribution in [2.24, 2.45) is 5.73 Å². The molecule has 3 N–H and O–H groups in total. The van der Waals surface area contributed by atoms with Crippen molar-refractivity contribution in [1.82, 2.24) is 15.1 Å². The molecule has 0 saturated carbocycles. The topological polar surface area (TPSA) is 95.7 Å². The molecule has 37 heavy (non-hydrogen) atoms. The average Bonchev–Trinajstić information content (AvgIpc) is 2.86. The van der Waals surface area contributed by atoms with E-state index in [4.69, 9.17) is 5.73 Å². The van der Waals surface area contributed by atoms with Gasteiger partial charge in [0.05, 0.1) is 0 Å². The Morgan fingerprint density at radius 1 is 1.05 bits per heavy atom. The van der Waals surface area contributed by atoms with Crippen molar-refractivity contribution in [2.75, 3.05) is 26.7 Å². The summed E-state index contributed by atoms with van der Waals surface area (Å²) in [5.41, 5.74) is 7.33. The first-order valence-electron chi connectivity index (χ1n) is 12.6. The molecule has 0 aliphatic heterocycles. The molecule has 8 heteroatoms. The van der Waals surface area contributed by atoms with Gasteiger partial charge >= 0.3 is 0 Å². The lowest BCUT2D eigenvalue weighted by Gasteiger charge is -2.30. The molecule has 0 aliphatic carbocycles. The zero-order chi connectivity index (χ0) is 27.4. The Hall–Kier alpha value is -3.52. The number of hydrogen-bond donors (Lipinski definition) is 2. The maximum absolute atomic E-state index is 13.4. The zero-order valence-corrected chi connectivity index (χ0v) is 22.2. The van der Waals surface area contributed by atoms with Gasteiger partial charge < -0.3 is 20.9 Å². The number of nitrogens with zero attached hydrogens (tertiary/aromatic N) is 2. The highest BCUT2D eigenvalue weighted by atomic mass is 19.1. The fraction of sp³-hybridized carbons (Fsp3) is 0.414. The quantitative estimate of drug-likeness (QED) is 0.405. The van der Waals surface area contributed by atoms with Crippen LogP contribution >= 0.6 is 0 Å². The second-order valence-corrected chi connectivity index (χ2v) is 9.83. The third-order valence-corrected chi connectivity index (χ3v) is 5.99. The van der Waals surface area contributed by atoms with E-state index in [9.17, 15) is 18.8 Å². The van der Waals surface area contributed by atoms with Crippen molar-refractivity contribution in [3.05, 3.63) is 83.7 Å². The third kappa shape index (κ3) is 10.6. The lowest BCUT2D eigenvalue weighted by Crippen LogP contribution is -2.52. The average molecular weight is 511 g/mol. The second kappa shape index (κ2) is 14.3. The summed E-state index contributed by atoms with van der Waals surface area (Å²) in [6.07, 6.45) is 4.52.